The Balaban J connectivity index is 2.07. The Morgan fingerprint density at radius 2 is 1.64 bits per heavy atom. The Morgan fingerprint density at radius 3 is 2.09 bits per heavy atom. The minimum absolute atomic E-state index is 0.173. The molecule has 2 bridgehead atoms. The van der Waals surface area contributed by atoms with E-state index in [1.54, 1.807) is 33.5 Å². The Bertz CT molecular complexity index is 590. The highest BCUT2D eigenvalue weighted by Gasteiger charge is 2.36. The zero-order valence-electron chi connectivity index (χ0n) is 13.2. The lowest BCUT2D eigenvalue weighted by Gasteiger charge is -2.41. The fourth-order valence-corrected chi connectivity index (χ4v) is 3.22. The first-order valence-corrected chi connectivity index (χ1v) is 7.48. The Hall–Kier alpha value is -2.17. The molecule has 22 heavy (non-hydrogen) atoms. The molecule has 3 heterocycles. The highest BCUT2D eigenvalue weighted by atomic mass is 16.5. The molecule has 0 atom stereocenters. The van der Waals surface area contributed by atoms with Crippen molar-refractivity contribution in [3.63, 3.8) is 0 Å². The molecule has 3 fully saturated rings. The number of carbonyl (C=O) groups is 1. The molecule has 5 heteroatoms. The van der Waals surface area contributed by atoms with Gasteiger partial charge in [-0.3, -0.25) is 4.79 Å². The Kier molecular flexibility index (Phi) is 3.96. The van der Waals surface area contributed by atoms with Crippen LogP contribution in [0.1, 0.15) is 18.4 Å². The van der Waals surface area contributed by atoms with Crippen LogP contribution in [0.3, 0.4) is 0 Å². The zero-order valence-corrected chi connectivity index (χ0v) is 13.2. The van der Waals surface area contributed by atoms with Crippen LogP contribution in [0.4, 0.5) is 0 Å². The molecule has 1 aromatic carbocycles. The van der Waals surface area contributed by atoms with Gasteiger partial charge in [0.1, 0.15) is 17.2 Å². The minimum Gasteiger partial charge on any atom is -0.496 e. The van der Waals surface area contributed by atoms with Crippen LogP contribution in [0.25, 0.3) is 6.08 Å². The summed E-state index contributed by atoms with van der Waals surface area (Å²) in [6.45, 7) is 1.89. The summed E-state index contributed by atoms with van der Waals surface area (Å²) in [5, 5.41) is 0. The van der Waals surface area contributed by atoms with Crippen LogP contribution >= 0.6 is 0 Å². The van der Waals surface area contributed by atoms with Crippen LogP contribution in [-0.4, -0.2) is 45.1 Å². The maximum atomic E-state index is 12.5. The lowest BCUT2D eigenvalue weighted by molar-refractivity contribution is -0.125. The molecule has 0 aliphatic carbocycles. The third-order valence-electron chi connectivity index (χ3n) is 4.49. The number of fused-ring (bicyclic) bond motifs is 3. The van der Waals surface area contributed by atoms with Gasteiger partial charge in [-0.05, 0) is 18.9 Å². The van der Waals surface area contributed by atoms with Gasteiger partial charge in [0.2, 0.25) is 0 Å². The predicted octanol–water partition coefficient (Wildman–Crippen LogP) is 2.35. The Labute approximate surface area is 130 Å². The second-order valence-corrected chi connectivity index (χ2v) is 5.60. The zero-order chi connectivity index (χ0) is 15.7. The first kappa shape index (κ1) is 14.8. The SMILES string of the molecule is COc1cc(OC)c(/C=C2\C(=O)C3CCN2CC3)c(OC)c1. The second-order valence-electron chi connectivity index (χ2n) is 5.60. The van der Waals surface area contributed by atoms with E-state index in [4.69, 9.17) is 14.2 Å². The van der Waals surface area contributed by atoms with E-state index in [0.29, 0.717) is 17.2 Å². The molecule has 3 saturated heterocycles. The van der Waals surface area contributed by atoms with Gasteiger partial charge >= 0.3 is 0 Å². The number of ketones is 1. The number of rotatable bonds is 4. The van der Waals surface area contributed by atoms with Gasteiger partial charge in [0.25, 0.3) is 0 Å². The molecule has 0 saturated carbocycles. The van der Waals surface area contributed by atoms with Gasteiger partial charge < -0.3 is 19.1 Å². The highest BCUT2D eigenvalue weighted by Crippen LogP contribution is 2.38. The molecule has 0 radical (unpaired) electrons. The van der Waals surface area contributed by atoms with Gasteiger partial charge in [0.15, 0.2) is 5.78 Å². The topological polar surface area (TPSA) is 48.0 Å². The summed E-state index contributed by atoms with van der Waals surface area (Å²) in [7, 11) is 4.80. The lowest BCUT2D eigenvalue weighted by atomic mass is 9.84. The molecule has 0 spiro atoms. The average Bonchev–Trinajstić information content (AvgIpc) is 2.58. The van der Waals surface area contributed by atoms with E-state index in [2.05, 4.69) is 4.90 Å². The van der Waals surface area contributed by atoms with Crippen molar-refractivity contribution in [2.75, 3.05) is 34.4 Å². The van der Waals surface area contributed by atoms with Gasteiger partial charge in [-0.2, -0.15) is 0 Å². The molecule has 0 N–H and O–H groups in total. The van der Waals surface area contributed by atoms with Crippen molar-refractivity contribution in [2.24, 2.45) is 5.92 Å². The molecule has 4 rings (SSSR count). The molecule has 0 aromatic heterocycles. The summed E-state index contributed by atoms with van der Waals surface area (Å²) >= 11 is 0. The molecule has 0 unspecified atom stereocenters. The summed E-state index contributed by atoms with van der Waals surface area (Å²) < 4.78 is 16.2. The summed E-state index contributed by atoms with van der Waals surface area (Å²) in [5.41, 5.74) is 1.55. The van der Waals surface area contributed by atoms with E-state index >= 15 is 0 Å². The normalized spacial score (nSPS) is 19.7. The second kappa shape index (κ2) is 5.91. The van der Waals surface area contributed by atoms with Crippen molar-refractivity contribution >= 4 is 11.9 Å². The number of hydrogen-bond acceptors (Lipinski definition) is 5. The van der Waals surface area contributed by atoms with E-state index in [1.165, 1.54) is 0 Å². The van der Waals surface area contributed by atoms with Crippen LogP contribution in [0.5, 0.6) is 17.2 Å². The monoisotopic (exact) mass is 303 g/mol. The Morgan fingerprint density at radius 1 is 1.05 bits per heavy atom. The van der Waals surface area contributed by atoms with Crippen LogP contribution in [0.15, 0.2) is 17.8 Å². The molecular formula is C17H21NO4. The predicted molar refractivity (Wildman–Crippen MR) is 83.4 cm³/mol. The quantitative estimate of drug-likeness (QED) is 0.799. The summed E-state index contributed by atoms with van der Waals surface area (Å²) in [6.07, 6.45) is 3.82. The number of benzene rings is 1. The van der Waals surface area contributed by atoms with Crippen molar-refractivity contribution in [1.82, 2.24) is 4.90 Å². The number of carbonyl (C=O) groups excluding carboxylic acids is 1. The third kappa shape index (κ3) is 2.40. The summed E-state index contributed by atoms with van der Waals surface area (Å²) in [5.74, 6) is 2.34. The fraction of sp³-hybridized carbons (Fsp3) is 0.471. The molecule has 5 nitrogen and oxygen atoms in total. The number of hydrogen-bond donors (Lipinski definition) is 0. The third-order valence-corrected chi connectivity index (χ3v) is 4.49. The summed E-state index contributed by atoms with van der Waals surface area (Å²) in [4.78, 5) is 14.7. The smallest absolute Gasteiger partial charge is 0.182 e. The van der Waals surface area contributed by atoms with Crippen LogP contribution < -0.4 is 14.2 Å². The molecule has 118 valence electrons. The van der Waals surface area contributed by atoms with Crippen molar-refractivity contribution in [3.05, 3.63) is 23.4 Å². The maximum Gasteiger partial charge on any atom is 0.182 e. The maximum absolute atomic E-state index is 12.5. The number of allylic oxidation sites excluding steroid dienone is 1. The van der Waals surface area contributed by atoms with Crippen molar-refractivity contribution < 1.29 is 19.0 Å². The molecule has 0 amide bonds. The van der Waals surface area contributed by atoms with E-state index < -0.39 is 0 Å². The van der Waals surface area contributed by atoms with E-state index in [-0.39, 0.29) is 11.7 Å². The number of Topliss-reactive ketones (excluding diaryl/α,β-unsaturated/α-hetero) is 1. The summed E-state index contributed by atoms with van der Waals surface area (Å²) in [6, 6.07) is 3.60. The van der Waals surface area contributed by atoms with Crippen LogP contribution in [-0.2, 0) is 4.79 Å². The highest BCUT2D eigenvalue weighted by molar-refractivity contribution is 6.02. The first-order chi connectivity index (χ1) is 10.7. The minimum atomic E-state index is 0.173. The fourth-order valence-electron chi connectivity index (χ4n) is 3.22. The van der Waals surface area contributed by atoms with E-state index in [9.17, 15) is 4.79 Å². The van der Waals surface area contributed by atoms with Crippen molar-refractivity contribution in [1.29, 1.82) is 0 Å². The molecule has 3 aliphatic rings. The van der Waals surface area contributed by atoms with Gasteiger partial charge in [0, 0.05) is 31.1 Å². The standard InChI is InChI=1S/C17H21NO4/c1-20-12-8-15(21-2)13(16(9-12)22-3)10-14-17(19)11-4-6-18(14)7-5-11/h8-11H,4-7H2,1-3H3/b14-10+. The van der Waals surface area contributed by atoms with Gasteiger partial charge in [-0.25, -0.2) is 0 Å². The van der Waals surface area contributed by atoms with Crippen molar-refractivity contribution in [2.45, 2.75) is 12.8 Å². The molecule has 1 aromatic rings. The van der Waals surface area contributed by atoms with Crippen LogP contribution in [0, 0.1) is 5.92 Å². The van der Waals surface area contributed by atoms with E-state index in [1.807, 2.05) is 6.08 Å². The number of nitrogens with zero attached hydrogens (tertiary/aromatic N) is 1. The molecular weight excluding hydrogens is 282 g/mol. The van der Waals surface area contributed by atoms with E-state index in [0.717, 1.165) is 37.2 Å². The van der Waals surface area contributed by atoms with Crippen molar-refractivity contribution in [3.8, 4) is 17.2 Å². The lowest BCUT2D eigenvalue weighted by Crippen LogP contribution is -2.45. The average molecular weight is 303 g/mol. The number of piperidine rings is 3. The molecule has 3 aliphatic heterocycles. The first-order valence-electron chi connectivity index (χ1n) is 7.48. The van der Waals surface area contributed by atoms with Gasteiger partial charge in [-0.1, -0.05) is 0 Å². The largest absolute Gasteiger partial charge is 0.496 e. The van der Waals surface area contributed by atoms with Gasteiger partial charge in [0.05, 0.1) is 32.6 Å². The van der Waals surface area contributed by atoms with Gasteiger partial charge in [-0.15, -0.1) is 0 Å². The number of methoxy groups -OCH3 is 3. The van der Waals surface area contributed by atoms with Crippen LogP contribution in [0.2, 0.25) is 0 Å². The number of ether oxygens (including phenoxy) is 3.